The minimum absolute atomic E-state index is 0.274. The fraction of sp³-hybridized carbons (Fsp3) is 0.409. The highest BCUT2D eigenvalue weighted by Crippen LogP contribution is 2.40. The lowest BCUT2D eigenvalue weighted by molar-refractivity contribution is -0.0297. The third-order valence-electron chi connectivity index (χ3n) is 5.66. The Morgan fingerprint density at radius 3 is 2.86 bits per heavy atom. The zero-order chi connectivity index (χ0) is 19.8. The van der Waals surface area contributed by atoms with Gasteiger partial charge in [-0.05, 0) is 30.7 Å². The highest BCUT2D eigenvalue weighted by atomic mass is 16.6. The van der Waals surface area contributed by atoms with Crippen LogP contribution in [0, 0.1) is 0 Å². The highest BCUT2D eigenvalue weighted by molar-refractivity contribution is 5.75. The molecule has 0 bridgehead atoms. The Hall–Kier alpha value is -2.77. The topological polar surface area (TPSA) is 69.0 Å². The number of aliphatic hydroxyl groups is 1. The first-order valence-electron chi connectivity index (χ1n) is 10.0. The Morgan fingerprint density at radius 1 is 1.14 bits per heavy atom. The predicted octanol–water partition coefficient (Wildman–Crippen LogP) is 2.36. The van der Waals surface area contributed by atoms with Gasteiger partial charge in [-0.25, -0.2) is 4.98 Å². The molecule has 1 fully saturated rings. The molecule has 0 aliphatic carbocycles. The first kappa shape index (κ1) is 18.3. The molecule has 0 saturated carbocycles. The summed E-state index contributed by atoms with van der Waals surface area (Å²) in [5.74, 6) is 2.96. The molecule has 0 unspecified atom stereocenters. The summed E-state index contributed by atoms with van der Waals surface area (Å²) in [6, 6.07) is 13.8. The van der Waals surface area contributed by atoms with Crippen molar-refractivity contribution in [3.05, 3.63) is 48.3 Å². The predicted molar refractivity (Wildman–Crippen MR) is 108 cm³/mol. The summed E-state index contributed by atoms with van der Waals surface area (Å²) in [7, 11) is 2.04. The molecule has 3 heterocycles. The molecule has 2 atom stereocenters. The molecule has 2 aromatic carbocycles. The molecule has 1 N–H and O–H groups in total. The number of rotatable bonds is 4. The lowest BCUT2D eigenvalue weighted by Gasteiger charge is -2.36. The molecular formula is C22H25N3O4. The van der Waals surface area contributed by atoms with E-state index in [0.717, 1.165) is 29.8 Å². The number of piperidine rings is 1. The zero-order valence-corrected chi connectivity index (χ0v) is 16.5. The summed E-state index contributed by atoms with van der Waals surface area (Å²) >= 11 is 0. The molecule has 2 aliphatic rings. The number of β-amino-alcohol motifs (C(OH)–C–C–N with tert-alkyl or cyclic N) is 1. The number of nitrogens with zero attached hydrogens (tertiary/aromatic N) is 3. The number of likely N-dealkylation sites (tertiary alicyclic amines) is 1. The Balaban J connectivity index is 1.26. The molecule has 1 saturated heterocycles. The number of benzene rings is 2. The van der Waals surface area contributed by atoms with Crippen molar-refractivity contribution < 1.29 is 19.3 Å². The minimum Gasteiger partial charge on any atom is -0.486 e. The van der Waals surface area contributed by atoms with Crippen molar-refractivity contribution in [2.75, 3.05) is 26.3 Å². The van der Waals surface area contributed by atoms with Crippen LogP contribution in [-0.4, -0.2) is 58.1 Å². The summed E-state index contributed by atoms with van der Waals surface area (Å²) in [6.45, 7) is 3.12. The van der Waals surface area contributed by atoms with E-state index in [-0.39, 0.29) is 6.10 Å². The van der Waals surface area contributed by atoms with Gasteiger partial charge >= 0.3 is 0 Å². The number of aliphatic hydroxyl groups excluding tert-OH is 1. The van der Waals surface area contributed by atoms with Crippen LogP contribution >= 0.6 is 0 Å². The van der Waals surface area contributed by atoms with Crippen molar-refractivity contribution in [2.45, 2.75) is 25.2 Å². The fourth-order valence-corrected chi connectivity index (χ4v) is 4.10. The molecule has 5 rings (SSSR count). The normalized spacial score (nSPS) is 22.0. The van der Waals surface area contributed by atoms with Crippen molar-refractivity contribution in [1.29, 1.82) is 0 Å². The Bertz CT molecular complexity index is 1020. The van der Waals surface area contributed by atoms with Crippen molar-refractivity contribution in [3.63, 3.8) is 0 Å². The SMILES string of the molecule is Cn1c(CN2CC[C@@H](Oc3cccc4c3OCCO4)[C@H](O)C2)nc2ccccc21. The zero-order valence-electron chi connectivity index (χ0n) is 16.5. The summed E-state index contributed by atoms with van der Waals surface area (Å²) in [6.07, 6.45) is -0.127. The second-order valence-corrected chi connectivity index (χ2v) is 7.60. The molecule has 29 heavy (non-hydrogen) atoms. The minimum atomic E-state index is -0.584. The smallest absolute Gasteiger partial charge is 0.203 e. The summed E-state index contributed by atoms with van der Waals surface area (Å²) in [5.41, 5.74) is 2.12. The number of ether oxygens (including phenoxy) is 3. The second kappa shape index (κ2) is 7.57. The Morgan fingerprint density at radius 2 is 2.00 bits per heavy atom. The van der Waals surface area contributed by atoms with Gasteiger partial charge in [0.25, 0.3) is 0 Å². The Kier molecular flexibility index (Phi) is 4.77. The van der Waals surface area contributed by atoms with Gasteiger partial charge in [0.1, 0.15) is 31.2 Å². The highest BCUT2D eigenvalue weighted by Gasteiger charge is 2.31. The van der Waals surface area contributed by atoms with Gasteiger partial charge in [-0.1, -0.05) is 18.2 Å². The number of aromatic nitrogens is 2. The molecule has 2 aliphatic heterocycles. The van der Waals surface area contributed by atoms with Crippen LogP contribution in [0.5, 0.6) is 17.2 Å². The van der Waals surface area contributed by atoms with Gasteiger partial charge in [0.15, 0.2) is 11.5 Å². The number of imidazole rings is 1. The molecule has 0 amide bonds. The van der Waals surface area contributed by atoms with Crippen LogP contribution in [0.25, 0.3) is 11.0 Å². The van der Waals surface area contributed by atoms with Crippen LogP contribution in [0.1, 0.15) is 12.2 Å². The number of hydrogen-bond acceptors (Lipinski definition) is 6. The van der Waals surface area contributed by atoms with Crippen LogP contribution < -0.4 is 14.2 Å². The quantitative estimate of drug-likeness (QED) is 0.732. The molecule has 0 radical (unpaired) electrons. The van der Waals surface area contributed by atoms with Gasteiger partial charge in [0.05, 0.1) is 17.6 Å². The molecule has 1 aromatic heterocycles. The lowest BCUT2D eigenvalue weighted by atomic mass is 10.0. The fourth-order valence-electron chi connectivity index (χ4n) is 4.10. The average Bonchev–Trinajstić information content (AvgIpc) is 3.06. The largest absolute Gasteiger partial charge is 0.486 e. The van der Waals surface area contributed by atoms with Crippen LogP contribution in [0.15, 0.2) is 42.5 Å². The van der Waals surface area contributed by atoms with E-state index in [9.17, 15) is 5.11 Å². The standard InChI is InChI=1S/C22H25N3O4/c1-24-16-6-3-2-5-15(16)23-21(24)14-25-10-9-18(17(26)13-25)29-20-8-4-7-19-22(20)28-12-11-27-19/h2-8,17-18,26H,9-14H2,1H3/t17-,18-/m1/s1. The van der Waals surface area contributed by atoms with Crippen molar-refractivity contribution in [1.82, 2.24) is 14.5 Å². The van der Waals surface area contributed by atoms with Crippen LogP contribution in [0.3, 0.4) is 0 Å². The molecular weight excluding hydrogens is 370 g/mol. The Labute approximate surface area is 169 Å². The number of aryl methyl sites for hydroxylation is 1. The van der Waals surface area contributed by atoms with Crippen LogP contribution in [0.4, 0.5) is 0 Å². The lowest BCUT2D eigenvalue weighted by Crippen LogP contribution is -2.48. The third kappa shape index (κ3) is 3.52. The van der Waals surface area contributed by atoms with E-state index in [1.54, 1.807) is 0 Å². The molecule has 7 nitrogen and oxygen atoms in total. The molecule has 152 valence electrons. The van der Waals surface area contributed by atoms with Gasteiger partial charge in [0.2, 0.25) is 5.75 Å². The van der Waals surface area contributed by atoms with Crippen molar-refractivity contribution >= 4 is 11.0 Å². The van der Waals surface area contributed by atoms with E-state index < -0.39 is 6.10 Å². The van der Waals surface area contributed by atoms with Crippen molar-refractivity contribution in [3.8, 4) is 17.2 Å². The molecule has 3 aromatic rings. The number of hydrogen-bond donors (Lipinski definition) is 1. The monoisotopic (exact) mass is 395 g/mol. The maximum atomic E-state index is 10.7. The summed E-state index contributed by atoms with van der Waals surface area (Å²) < 4.78 is 19.6. The molecule has 7 heteroatoms. The van der Waals surface area contributed by atoms with Crippen LogP contribution in [-0.2, 0) is 13.6 Å². The van der Waals surface area contributed by atoms with E-state index in [1.165, 1.54) is 0 Å². The van der Waals surface area contributed by atoms with Crippen molar-refractivity contribution in [2.24, 2.45) is 7.05 Å². The van der Waals surface area contributed by atoms with Gasteiger partial charge < -0.3 is 23.9 Å². The number of fused-ring (bicyclic) bond motifs is 2. The van der Waals surface area contributed by atoms with Crippen LogP contribution in [0.2, 0.25) is 0 Å². The summed E-state index contributed by atoms with van der Waals surface area (Å²) in [5, 5.41) is 10.7. The first-order valence-corrected chi connectivity index (χ1v) is 10.0. The van der Waals surface area contributed by atoms with Gasteiger partial charge in [-0.2, -0.15) is 0 Å². The van der Waals surface area contributed by atoms with Gasteiger partial charge in [0, 0.05) is 20.1 Å². The van der Waals surface area contributed by atoms with E-state index in [4.69, 9.17) is 19.2 Å². The molecule has 0 spiro atoms. The first-order chi connectivity index (χ1) is 14.2. The van der Waals surface area contributed by atoms with E-state index in [1.807, 2.05) is 43.4 Å². The second-order valence-electron chi connectivity index (χ2n) is 7.60. The maximum Gasteiger partial charge on any atom is 0.203 e. The van der Waals surface area contributed by atoms with E-state index in [2.05, 4.69) is 15.5 Å². The maximum absolute atomic E-state index is 10.7. The van der Waals surface area contributed by atoms with Gasteiger partial charge in [-0.15, -0.1) is 0 Å². The van der Waals surface area contributed by atoms with E-state index >= 15 is 0 Å². The third-order valence-corrected chi connectivity index (χ3v) is 5.66. The number of para-hydroxylation sites is 3. The average molecular weight is 395 g/mol. The summed E-state index contributed by atoms with van der Waals surface area (Å²) in [4.78, 5) is 6.97. The van der Waals surface area contributed by atoms with Gasteiger partial charge in [-0.3, -0.25) is 4.90 Å². The van der Waals surface area contributed by atoms with E-state index in [0.29, 0.717) is 43.6 Å².